The van der Waals surface area contributed by atoms with Crippen LogP contribution in [0.15, 0.2) is 36.3 Å². The van der Waals surface area contributed by atoms with Crippen LogP contribution in [0.1, 0.15) is 35.8 Å². The first-order valence-corrected chi connectivity index (χ1v) is 8.09. The molecule has 0 fully saturated rings. The van der Waals surface area contributed by atoms with Gasteiger partial charge in [-0.1, -0.05) is 13.0 Å². The Hall–Kier alpha value is -2.22. The molecular weight excluding hydrogens is 337 g/mol. The Balaban J connectivity index is 2.25. The Bertz CT molecular complexity index is 763. The van der Waals surface area contributed by atoms with E-state index >= 15 is 0 Å². The summed E-state index contributed by atoms with van der Waals surface area (Å²) in [6.07, 6.45) is 2.79. The number of halogens is 3. The first-order chi connectivity index (χ1) is 11.3. The molecule has 0 aliphatic heterocycles. The second kappa shape index (κ2) is 7.57. The van der Waals surface area contributed by atoms with E-state index < -0.39 is 11.9 Å². The molecule has 0 saturated heterocycles. The lowest BCUT2D eigenvalue weighted by Crippen LogP contribution is -2.11. The van der Waals surface area contributed by atoms with E-state index in [0.29, 0.717) is 12.1 Å². The van der Waals surface area contributed by atoms with Gasteiger partial charge in [-0.05, 0) is 38.0 Å². The van der Waals surface area contributed by atoms with Gasteiger partial charge < -0.3 is 5.32 Å². The van der Waals surface area contributed by atoms with Gasteiger partial charge in [0, 0.05) is 18.1 Å². The van der Waals surface area contributed by atoms with Gasteiger partial charge >= 0.3 is 6.18 Å². The lowest BCUT2D eigenvalue weighted by Gasteiger charge is -2.10. The molecule has 1 N–H and O–H groups in total. The molecule has 0 saturated carbocycles. The summed E-state index contributed by atoms with van der Waals surface area (Å²) in [6, 6.07) is 0.843. The first kappa shape index (κ1) is 18.1. The fourth-order valence-electron chi connectivity index (χ4n) is 1.92. The summed E-state index contributed by atoms with van der Waals surface area (Å²) in [5.41, 5.74) is 0.620. The van der Waals surface area contributed by atoms with E-state index in [1.165, 1.54) is 0 Å². The predicted octanol–water partition coefficient (Wildman–Crippen LogP) is 5.07. The molecule has 0 aromatic carbocycles. The number of aromatic nitrogens is 3. The van der Waals surface area contributed by atoms with Gasteiger partial charge in [0.15, 0.2) is 0 Å². The molecular formula is C16H17F3N4S. The van der Waals surface area contributed by atoms with Crippen LogP contribution >= 0.6 is 11.3 Å². The Morgan fingerprint density at radius 3 is 2.67 bits per heavy atom. The van der Waals surface area contributed by atoms with Gasteiger partial charge in [-0.15, -0.1) is 11.3 Å². The fraction of sp³-hybridized carbons (Fsp3) is 0.312. The molecule has 0 radical (unpaired) electrons. The van der Waals surface area contributed by atoms with Crippen molar-refractivity contribution in [2.24, 2.45) is 0 Å². The zero-order valence-electron chi connectivity index (χ0n) is 13.5. The summed E-state index contributed by atoms with van der Waals surface area (Å²) >= 11 is 1.55. The third-order valence-corrected chi connectivity index (χ3v) is 4.06. The number of allylic oxidation sites excluding steroid dienone is 3. The van der Waals surface area contributed by atoms with Crippen LogP contribution in [0.5, 0.6) is 0 Å². The van der Waals surface area contributed by atoms with Crippen LogP contribution in [0.4, 0.5) is 19.1 Å². The first-order valence-electron chi connectivity index (χ1n) is 7.28. The molecule has 2 heterocycles. The molecule has 0 atom stereocenters. The van der Waals surface area contributed by atoms with E-state index in [9.17, 15) is 13.2 Å². The molecule has 4 nitrogen and oxygen atoms in total. The van der Waals surface area contributed by atoms with Crippen LogP contribution in [0.2, 0.25) is 0 Å². The summed E-state index contributed by atoms with van der Waals surface area (Å²) in [4.78, 5) is 12.6. The highest BCUT2D eigenvalue weighted by Gasteiger charge is 2.32. The molecule has 0 amide bonds. The second-order valence-corrected chi connectivity index (χ2v) is 6.26. The van der Waals surface area contributed by atoms with Gasteiger partial charge in [-0.2, -0.15) is 13.2 Å². The minimum Gasteiger partial charge on any atom is -0.324 e. The number of thiazole rings is 1. The highest BCUT2D eigenvalue weighted by molar-refractivity contribution is 7.12. The second-order valence-electron chi connectivity index (χ2n) is 5.03. The van der Waals surface area contributed by atoms with Crippen LogP contribution in [0.25, 0.3) is 5.57 Å². The number of anilines is 1. The normalized spacial score (nSPS) is 13.2. The minimum absolute atomic E-state index is 0.0888. The predicted molar refractivity (Wildman–Crippen MR) is 89.5 cm³/mol. The van der Waals surface area contributed by atoms with Crippen LogP contribution in [-0.4, -0.2) is 15.0 Å². The van der Waals surface area contributed by atoms with Crippen molar-refractivity contribution in [3.05, 3.63) is 51.9 Å². The molecule has 0 bridgehead atoms. The molecule has 2 aromatic heterocycles. The summed E-state index contributed by atoms with van der Waals surface area (Å²) in [5.74, 6) is -0.0888. The molecule has 128 valence electrons. The smallest absolute Gasteiger partial charge is 0.324 e. The SMILES string of the molecule is CC/C=C(\C=C(/C)c1cnc(C)s1)Nc1nccc(C(F)(F)F)n1. The summed E-state index contributed by atoms with van der Waals surface area (Å²) < 4.78 is 38.2. The van der Waals surface area contributed by atoms with E-state index in [1.54, 1.807) is 17.5 Å². The minimum atomic E-state index is -4.50. The summed E-state index contributed by atoms with van der Waals surface area (Å²) in [6.45, 7) is 5.78. The van der Waals surface area contributed by atoms with E-state index in [1.807, 2.05) is 32.9 Å². The van der Waals surface area contributed by atoms with Gasteiger partial charge in [0.25, 0.3) is 0 Å². The summed E-state index contributed by atoms with van der Waals surface area (Å²) in [5, 5.41) is 3.80. The Morgan fingerprint density at radius 2 is 2.08 bits per heavy atom. The lowest BCUT2D eigenvalue weighted by molar-refractivity contribution is -0.141. The molecule has 24 heavy (non-hydrogen) atoms. The number of nitrogens with one attached hydrogen (secondary N) is 1. The molecule has 0 aliphatic rings. The van der Waals surface area contributed by atoms with Gasteiger partial charge in [-0.3, -0.25) is 0 Å². The summed E-state index contributed by atoms with van der Waals surface area (Å²) in [7, 11) is 0. The van der Waals surface area contributed by atoms with Crippen LogP contribution < -0.4 is 5.32 Å². The monoisotopic (exact) mass is 354 g/mol. The van der Waals surface area contributed by atoms with Crippen molar-refractivity contribution in [2.75, 3.05) is 5.32 Å². The van der Waals surface area contributed by atoms with Crippen molar-refractivity contribution in [1.82, 2.24) is 15.0 Å². The van der Waals surface area contributed by atoms with Crippen molar-refractivity contribution in [3.63, 3.8) is 0 Å². The van der Waals surface area contributed by atoms with Gasteiger partial charge in [0.2, 0.25) is 5.95 Å². The van der Waals surface area contributed by atoms with Crippen molar-refractivity contribution in [2.45, 2.75) is 33.4 Å². The van der Waals surface area contributed by atoms with E-state index in [-0.39, 0.29) is 5.95 Å². The molecule has 2 aromatic rings. The van der Waals surface area contributed by atoms with E-state index in [0.717, 1.165) is 27.7 Å². The van der Waals surface area contributed by atoms with Gasteiger partial charge in [-0.25, -0.2) is 15.0 Å². The molecule has 0 spiro atoms. The van der Waals surface area contributed by atoms with Crippen LogP contribution in [0, 0.1) is 6.92 Å². The maximum atomic E-state index is 12.7. The molecule has 0 unspecified atom stereocenters. The molecule has 8 heteroatoms. The highest BCUT2D eigenvalue weighted by atomic mass is 32.1. The van der Waals surface area contributed by atoms with Crippen molar-refractivity contribution < 1.29 is 13.2 Å². The van der Waals surface area contributed by atoms with Crippen LogP contribution in [-0.2, 0) is 6.18 Å². The van der Waals surface area contributed by atoms with Gasteiger partial charge in [0.1, 0.15) is 5.69 Å². The number of nitrogens with zero attached hydrogens (tertiary/aromatic N) is 3. The average molecular weight is 354 g/mol. The number of hydrogen-bond donors (Lipinski definition) is 1. The topological polar surface area (TPSA) is 50.7 Å². The lowest BCUT2D eigenvalue weighted by atomic mass is 10.2. The molecule has 2 rings (SSSR count). The van der Waals surface area contributed by atoms with Crippen molar-refractivity contribution in [3.8, 4) is 0 Å². The Morgan fingerprint density at radius 1 is 1.33 bits per heavy atom. The van der Waals surface area contributed by atoms with Crippen LogP contribution in [0.3, 0.4) is 0 Å². The third kappa shape index (κ3) is 4.89. The van der Waals surface area contributed by atoms with E-state index in [2.05, 4.69) is 20.3 Å². The fourth-order valence-corrected chi connectivity index (χ4v) is 2.67. The maximum absolute atomic E-state index is 12.7. The quantitative estimate of drug-likeness (QED) is 0.762. The van der Waals surface area contributed by atoms with Crippen molar-refractivity contribution in [1.29, 1.82) is 0 Å². The zero-order chi connectivity index (χ0) is 17.7. The number of hydrogen-bond acceptors (Lipinski definition) is 5. The van der Waals surface area contributed by atoms with Gasteiger partial charge in [0.05, 0.1) is 9.88 Å². The Kier molecular flexibility index (Phi) is 5.71. The molecule has 0 aliphatic carbocycles. The van der Waals surface area contributed by atoms with Crippen molar-refractivity contribution >= 4 is 22.9 Å². The maximum Gasteiger partial charge on any atom is 0.433 e. The third-order valence-electron chi connectivity index (χ3n) is 3.01. The largest absolute Gasteiger partial charge is 0.433 e. The number of alkyl halides is 3. The van der Waals surface area contributed by atoms with E-state index in [4.69, 9.17) is 0 Å². The number of aryl methyl sites for hydroxylation is 1. The highest BCUT2D eigenvalue weighted by Crippen LogP contribution is 2.28. The average Bonchev–Trinajstić information content (AvgIpc) is 2.93. The standard InChI is InChI=1S/C16H17F3N4S/c1-4-5-12(8-10(2)13-9-21-11(3)24-13)22-15-20-7-6-14(23-15)16(17,18)19/h5-9H,4H2,1-3H3,(H,20,22,23)/b10-8+,12-5+. The zero-order valence-corrected chi connectivity index (χ0v) is 14.3. The Labute approximate surface area is 142 Å². The number of rotatable bonds is 5.